The first-order chi connectivity index (χ1) is 13.1. The molecular weight excluding hydrogens is 451 g/mol. The van der Waals surface area contributed by atoms with Gasteiger partial charge in [0.15, 0.2) is 0 Å². The van der Waals surface area contributed by atoms with Crippen molar-refractivity contribution in [1.29, 1.82) is 0 Å². The Hall–Kier alpha value is -2.48. The molecule has 1 heterocycles. The van der Waals surface area contributed by atoms with E-state index in [1.807, 2.05) is 49.4 Å². The second kappa shape index (κ2) is 8.94. The van der Waals surface area contributed by atoms with Gasteiger partial charge in [-0.3, -0.25) is 9.69 Å². The number of benzene rings is 2. The summed E-state index contributed by atoms with van der Waals surface area (Å²) in [5.74, 6) is 1.01. The smallest absolute Gasteiger partial charge is 0.260 e. The number of nitrogens with zero attached hydrogens (tertiary/aromatic N) is 3. The molecule has 1 atom stereocenters. The Kier molecular flexibility index (Phi) is 6.39. The number of halogens is 1. The number of carbonyl (C=O) groups is 1. The van der Waals surface area contributed by atoms with Crippen LogP contribution in [0.5, 0.6) is 0 Å². The summed E-state index contributed by atoms with van der Waals surface area (Å²) >= 11 is 2.18. The number of amides is 1. The zero-order valence-corrected chi connectivity index (χ0v) is 17.4. The number of anilines is 2. The number of hydrogen-bond acceptors (Lipinski definition) is 4. The summed E-state index contributed by atoms with van der Waals surface area (Å²) in [7, 11) is 0. The van der Waals surface area contributed by atoms with Crippen LogP contribution in [0.25, 0.3) is 0 Å². The van der Waals surface area contributed by atoms with Gasteiger partial charge in [-0.25, -0.2) is 4.98 Å². The summed E-state index contributed by atoms with van der Waals surface area (Å²) in [6.45, 7) is 4.52. The highest BCUT2D eigenvalue weighted by Crippen LogP contribution is 2.21. The van der Waals surface area contributed by atoms with Crippen molar-refractivity contribution >= 4 is 40.3 Å². The molecule has 0 saturated heterocycles. The third-order valence-corrected chi connectivity index (χ3v) is 5.17. The van der Waals surface area contributed by atoms with Crippen molar-refractivity contribution in [2.45, 2.75) is 19.9 Å². The van der Waals surface area contributed by atoms with E-state index in [4.69, 9.17) is 0 Å². The van der Waals surface area contributed by atoms with Crippen LogP contribution in [0.3, 0.4) is 0 Å². The van der Waals surface area contributed by atoms with Gasteiger partial charge in [0.05, 0.1) is 11.6 Å². The van der Waals surface area contributed by atoms with E-state index in [1.54, 1.807) is 17.2 Å². The minimum Gasteiger partial charge on any atom is -0.348 e. The highest BCUT2D eigenvalue weighted by Gasteiger charge is 2.20. The molecule has 0 radical (unpaired) electrons. The topological polar surface area (TPSA) is 58.1 Å². The molecule has 0 unspecified atom stereocenters. The first-order valence-corrected chi connectivity index (χ1v) is 9.89. The molecule has 138 valence electrons. The van der Waals surface area contributed by atoms with Gasteiger partial charge in [0.25, 0.3) is 5.91 Å². The van der Waals surface area contributed by atoms with Gasteiger partial charge in [-0.1, -0.05) is 42.5 Å². The number of carbonyl (C=O) groups excluding carboxylic acids is 1. The summed E-state index contributed by atoms with van der Waals surface area (Å²) in [6.07, 6.45) is 1.67. The van der Waals surface area contributed by atoms with Crippen molar-refractivity contribution < 1.29 is 4.79 Å². The van der Waals surface area contributed by atoms with E-state index in [9.17, 15) is 4.79 Å². The fourth-order valence-electron chi connectivity index (χ4n) is 2.78. The molecule has 1 aromatic heterocycles. The molecule has 0 bridgehead atoms. The molecular formula is C21H21IN4O. The van der Waals surface area contributed by atoms with Crippen LogP contribution in [0.1, 0.15) is 35.8 Å². The van der Waals surface area contributed by atoms with Crippen LogP contribution in [0.15, 0.2) is 66.9 Å². The molecule has 0 aliphatic heterocycles. The molecule has 0 fully saturated rings. The Morgan fingerprint density at radius 2 is 1.81 bits per heavy atom. The van der Waals surface area contributed by atoms with Gasteiger partial charge in [-0.05, 0) is 60.2 Å². The van der Waals surface area contributed by atoms with Crippen LogP contribution in [0, 0.1) is 3.57 Å². The van der Waals surface area contributed by atoms with Crippen molar-refractivity contribution in [3.05, 3.63) is 81.6 Å². The fourth-order valence-corrected chi connectivity index (χ4v) is 3.40. The highest BCUT2D eigenvalue weighted by atomic mass is 127. The number of hydrogen-bond donors (Lipinski definition) is 1. The van der Waals surface area contributed by atoms with Crippen LogP contribution >= 0.6 is 22.6 Å². The molecule has 2 aromatic carbocycles. The first kappa shape index (κ1) is 19.3. The van der Waals surface area contributed by atoms with E-state index in [0.717, 1.165) is 9.13 Å². The second-order valence-electron chi connectivity index (χ2n) is 6.04. The zero-order chi connectivity index (χ0) is 19.2. The molecule has 0 aliphatic rings. The zero-order valence-electron chi connectivity index (χ0n) is 15.3. The molecule has 0 spiro atoms. The standard InChI is InChI=1S/C21H21IN4O/c1-3-26(20(27)17-11-7-8-12-18(17)22)19-13-14-23-21(25-19)24-15(2)16-9-5-4-6-10-16/h4-15H,3H2,1-2H3,(H,23,24,25)/t15-/m0/s1. The lowest BCUT2D eigenvalue weighted by Gasteiger charge is -2.21. The van der Waals surface area contributed by atoms with E-state index in [0.29, 0.717) is 23.9 Å². The normalized spacial score (nSPS) is 11.7. The predicted molar refractivity (Wildman–Crippen MR) is 117 cm³/mol. The number of nitrogens with one attached hydrogen (secondary N) is 1. The number of rotatable bonds is 6. The van der Waals surface area contributed by atoms with Gasteiger partial charge in [-0.15, -0.1) is 0 Å². The molecule has 6 heteroatoms. The van der Waals surface area contributed by atoms with Crippen molar-refractivity contribution in [1.82, 2.24) is 9.97 Å². The van der Waals surface area contributed by atoms with Crippen LogP contribution in [-0.4, -0.2) is 22.4 Å². The van der Waals surface area contributed by atoms with E-state index in [-0.39, 0.29) is 11.9 Å². The Morgan fingerprint density at radius 3 is 2.52 bits per heavy atom. The fraction of sp³-hybridized carbons (Fsp3) is 0.190. The van der Waals surface area contributed by atoms with E-state index < -0.39 is 0 Å². The second-order valence-corrected chi connectivity index (χ2v) is 7.21. The van der Waals surface area contributed by atoms with Crippen molar-refractivity contribution in [3.8, 4) is 0 Å². The van der Waals surface area contributed by atoms with Crippen molar-refractivity contribution in [3.63, 3.8) is 0 Å². The van der Waals surface area contributed by atoms with Gasteiger partial charge in [0.1, 0.15) is 5.82 Å². The first-order valence-electron chi connectivity index (χ1n) is 8.81. The lowest BCUT2D eigenvalue weighted by molar-refractivity contribution is 0.0986. The van der Waals surface area contributed by atoms with Crippen molar-refractivity contribution in [2.75, 3.05) is 16.8 Å². The molecule has 1 amide bonds. The maximum atomic E-state index is 13.0. The molecule has 3 rings (SSSR count). The summed E-state index contributed by atoms with van der Waals surface area (Å²) in [5.41, 5.74) is 1.82. The van der Waals surface area contributed by atoms with E-state index in [1.165, 1.54) is 0 Å². The van der Waals surface area contributed by atoms with Crippen LogP contribution in [0.4, 0.5) is 11.8 Å². The molecule has 1 N–H and O–H groups in total. The van der Waals surface area contributed by atoms with Gasteiger partial charge in [0.2, 0.25) is 5.95 Å². The lowest BCUT2D eigenvalue weighted by atomic mass is 10.1. The maximum Gasteiger partial charge on any atom is 0.260 e. The Morgan fingerprint density at radius 1 is 1.11 bits per heavy atom. The third-order valence-electron chi connectivity index (χ3n) is 4.23. The quantitative estimate of drug-likeness (QED) is 0.518. The van der Waals surface area contributed by atoms with E-state index in [2.05, 4.69) is 56.9 Å². The van der Waals surface area contributed by atoms with Gasteiger partial charge in [0, 0.05) is 16.3 Å². The predicted octanol–water partition coefficient (Wildman–Crippen LogP) is 4.92. The lowest BCUT2D eigenvalue weighted by Crippen LogP contribution is -2.32. The average molecular weight is 472 g/mol. The number of aromatic nitrogens is 2. The minimum atomic E-state index is -0.0664. The summed E-state index contributed by atoms with van der Waals surface area (Å²) < 4.78 is 0.920. The molecule has 3 aromatic rings. The highest BCUT2D eigenvalue weighted by molar-refractivity contribution is 14.1. The molecule has 0 saturated carbocycles. The van der Waals surface area contributed by atoms with Crippen LogP contribution in [0.2, 0.25) is 0 Å². The third kappa shape index (κ3) is 4.63. The largest absolute Gasteiger partial charge is 0.348 e. The van der Waals surface area contributed by atoms with E-state index >= 15 is 0 Å². The van der Waals surface area contributed by atoms with Crippen LogP contribution < -0.4 is 10.2 Å². The Balaban J connectivity index is 1.83. The monoisotopic (exact) mass is 472 g/mol. The molecule has 0 aliphatic carbocycles. The van der Waals surface area contributed by atoms with Gasteiger partial charge < -0.3 is 5.32 Å². The Bertz CT molecular complexity index is 917. The van der Waals surface area contributed by atoms with Crippen LogP contribution in [-0.2, 0) is 0 Å². The van der Waals surface area contributed by atoms with Gasteiger partial charge >= 0.3 is 0 Å². The van der Waals surface area contributed by atoms with Crippen molar-refractivity contribution in [2.24, 2.45) is 0 Å². The summed E-state index contributed by atoms with van der Waals surface area (Å²) in [5, 5.41) is 3.31. The summed E-state index contributed by atoms with van der Waals surface area (Å²) in [4.78, 5) is 23.5. The SMILES string of the molecule is CCN(C(=O)c1ccccc1I)c1ccnc(N[C@@H](C)c2ccccc2)n1. The van der Waals surface area contributed by atoms with Gasteiger partial charge in [-0.2, -0.15) is 4.98 Å². The average Bonchev–Trinajstić information content (AvgIpc) is 2.70. The molecule has 5 nitrogen and oxygen atoms in total. The Labute approximate surface area is 173 Å². The maximum absolute atomic E-state index is 13.0. The molecule has 27 heavy (non-hydrogen) atoms. The summed E-state index contributed by atoms with van der Waals surface area (Å²) in [6, 6.07) is 19.5. The minimum absolute atomic E-state index is 0.0577.